The van der Waals surface area contributed by atoms with Crippen LogP contribution >= 0.6 is 0 Å². The lowest BCUT2D eigenvalue weighted by Crippen LogP contribution is -2.10. The lowest BCUT2D eigenvalue weighted by atomic mass is 10.0. The molecule has 1 rings (SSSR count). The molecule has 84 valence electrons. The summed E-state index contributed by atoms with van der Waals surface area (Å²) in [5.41, 5.74) is 6.79. The van der Waals surface area contributed by atoms with E-state index in [-0.39, 0.29) is 0 Å². The lowest BCUT2D eigenvalue weighted by Gasteiger charge is -2.15. The van der Waals surface area contributed by atoms with Crippen molar-refractivity contribution in [2.24, 2.45) is 5.73 Å². The fourth-order valence-electron chi connectivity index (χ4n) is 1.46. The average Bonchev–Trinajstić information content (AvgIpc) is 2.28. The van der Waals surface area contributed by atoms with Crippen molar-refractivity contribution in [3.8, 4) is 11.5 Å². The Morgan fingerprint density at radius 3 is 2.67 bits per heavy atom. The van der Waals surface area contributed by atoms with Crippen LogP contribution in [0.15, 0.2) is 18.2 Å². The van der Waals surface area contributed by atoms with Crippen molar-refractivity contribution in [1.82, 2.24) is 0 Å². The first-order chi connectivity index (χ1) is 7.22. The van der Waals surface area contributed by atoms with Crippen LogP contribution in [-0.2, 0) is 0 Å². The molecular weight excluding hydrogens is 190 g/mol. The molecule has 0 aliphatic rings. The molecule has 3 heteroatoms. The van der Waals surface area contributed by atoms with Crippen LogP contribution in [-0.4, -0.2) is 20.3 Å². The van der Waals surface area contributed by atoms with Crippen molar-refractivity contribution in [2.45, 2.75) is 19.8 Å². The summed E-state index contributed by atoms with van der Waals surface area (Å²) in [5, 5.41) is 0. The van der Waals surface area contributed by atoms with Crippen molar-refractivity contribution in [3.63, 3.8) is 0 Å². The molecule has 0 aromatic heterocycles. The van der Waals surface area contributed by atoms with Crippen LogP contribution in [0.4, 0.5) is 0 Å². The van der Waals surface area contributed by atoms with E-state index in [1.165, 1.54) is 0 Å². The predicted octanol–water partition coefficient (Wildman–Crippen LogP) is 2.16. The van der Waals surface area contributed by atoms with E-state index >= 15 is 0 Å². The number of nitrogens with two attached hydrogens (primary N) is 1. The van der Waals surface area contributed by atoms with Gasteiger partial charge in [0.05, 0.1) is 13.7 Å². The summed E-state index contributed by atoms with van der Waals surface area (Å²) < 4.78 is 10.7. The largest absolute Gasteiger partial charge is 0.497 e. The molecule has 15 heavy (non-hydrogen) atoms. The molecule has 0 bridgehead atoms. The molecule has 1 aromatic carbocycles. The average molecular weight is 209 g/mol. The summed E-state index contributed by atoms with van der Waals surface area (Å²) in [6.45, 7) is 5.32. The quantitative estimate of drug-likeness (QED) is 0.808. The zero-order valence-electron chi connectivity index (χ0n) is 9.62. The molecule has 1 aromatic rings. The molecule has 0 saturated heterocycles. The molecule has 0 amide bonds. The van der Waals surface area contributed by atoms with Gasteiger partial charge < -0.3 is 15.2 Å². The molecular formula is C12H19NO2. The second-order valence-corrected chi connectivity index (χ2v) is 3.47. The Labute approximate surface area is 91.2 Å². The van der Waals surface area contributed by atoms with Gasteiger partial charge in [0.1, 0.15) is 11.5 Å². The third-order valence-electron chi connectivity index (χ3n) is 2.41. The number of hydrogen-bond donors (Lipinski definition) is 1. The van der Waals surface area contributed by atoms with E-state index in [9.17, 15) is 0 Å². The molecule has 0 aliphatic heterocycles. The van der Waals surface area contributed by atoms with E-state index in [0.717, 1.165) is 17.1 Å². The van der Waals surface area contributed by atoms with Crippen LogP contribution in [0, 0.1) is 0 Å². The number of benzene rings is 1. The van der Waals surface area contributed by atoms with Crippen molar-refractivity contribution < 1.29 is 9.47 Å². The van der Waals surface area contributed by atoms with Gasteiger partial charge in [-0.1, -0.05) is 13.0 Å². The highest BCUT2D eigenvalue weighted by molar-refractivity contribution is 5.42. The first-order valence-corrected chi connectivity index (χ1v) is 5.23. The molecule has 1 atom stereocenters. The number of methoxy groups -OCH3 is 1. The Hall–Kier alpha value is -1.22. The van der Waals surface area contributed by atoms with Crippen LogP contribution in [0.2, 0.25) is 0 Å². The molecule has 0 saturated carbocycles. The predicted molar refractivity (Wildman–Crippen MR) is 61.6 cm³/mol. The Morgan fingerprint density at radius 2 is 2.13 bits per heavy atom. The third kappa shape index (κ3) is 2.86. The summed E-state index contributed by atoms with van der Waals surface area (Å²) >= 11 is 0. The topological polar surface area (TPSA) is 44.5 Å². The van der Waals surface area contributed by atoms with Crippen molar-refractivity contribution in [3.05, 3.63) is 23.8 Å². The molecule has 0 fully saturated rings. The number of ether oxygens (including phenoxy) is 2. The van der Waals surface area contributed by atoms with Gasteiger partial charge in [-0.05, 0) is 31.0 Å². The molecule has 0 radical (unpaired) electrons. The highest BCUT2D eigenvalue weighted by Crippen LogP contribution is 2.30. The third-order valence-corrected chi connectivity index (χ3v) is 2.41. The van der Waals surface area contributed by atoms with Crippen LogP contribution < -0.4 is 15.2 Å². The van der Waals surface area contributed by atoms with E-state index in [1.54, 1.807) is 7.11 Å². The SMILES string of the molecule is CCOc1cc(OC)ccc1C(C)CN. The summed E-state index contributed by atoms with van der Waals surface area (Å²) in [6.07, 6.45) is 0. The van der Waals surface area contributed by atoms with Crippen molar-refractivity contribution >= 4 is 0 Å². The summed E-state index contributed by atoms with van der Waals surface area (Å²) in [4.78, 5) is 0. The standard InChI is InChI=1S/C12H19NO2/c1-4-15-12-7-10(14-3)5-6-11(12)9(2)8-13/h5-7,9H,4,8,13H2,1-3H3. The van der Waals surface area contributed by atoms with Gasteiger partial charge >= 0.3 is 0 Å². The molecule has 0 aliphatic carbocycles. The van der Waals surface area contributed by atoms with Gasteiger partial charge in [0, 0.05) is 6.07 Å². The van der Waals surface area contributed by atoms with Crippen LogP contribution in [0.3, 0.4) is 0 Å². The number of rotatable bonds is 5. The second-order valence-electron chi connectivity index (χ2n) is 3.47. The normalized spacial score (nSPS) is 12.3. The van der Waals surface area contributed by atoms with Gasteiger partial charge in [-0.2, -0.15) is 0 Å². The first-order valence-electron chi connectivity index (χ1n) is 5.23. The monoisotopic (exact) mass is 209 g/mol. The highest BCUT2D eigenvalue weighted by Gasteiger charge is 2.11. The Balaban J connectivity index is 3.03. The van der Waals surface area contributed by atoms with Crippen molar-refractivity contribution in [1.29, 1.82) is 0 Å². The molecule has 3 nitrogen and oxygen atoms in total. The molecule has 0 spiro atoms. The minimum atomic E-state index is 0.303. The molecule has 0 heterocycles. The van der Waals surface area contributed by atoms with E-state index < -0.39 is 0 Å². The Morgan fingerprint density at radius 1 is 1.40 bits per heavy atom. The molecule has 2 N–H and O–H groups in total. The van der Waals surface area contributed by atoms with Gasteiger partial charge in [0.15, 0.2) is 0 Å². The Bertz CT molecular complexity index is 312. The minimum Gasteiger partial charge on any atom is -0.497 e. The maximum atomic E-state index is 5.65. The second kappa shape index (κ2) is 5.61. The van der Waals surface area contributed by atoms with Crippen LogP contribution in [0.5, 0.6) is 11.5 Å². The zero-order valence-corrected chi connectivity index (χ0v) is 9.62. The fourth-order valence-corrected chi connectivity index (χ4v) is 1.46. The fraction of sp³-hybridized carbons (Fsp3) is 0.500. The Kier molecular flexibility index (Phi) is 4.43. The van der Waals surface area contributed by atoms with Gasteiger partial charge in [0.2, 0.25) is 0 Å². The van der Waals surface area contributed by atoms with E-state index in [1.807, 2.05) is 25.1 Å². The summed E-state index contributed by atoms with van der Waals surface area (Å²) in [6, 6.07) is 5.86. The lowest BCUT2D eigenvalue weighted by molar-refractivity contribution is 0.330. The summed E-state index contributed by atoms with van der Waals surface area (Å²) in [5.74, 6) is 1.98. The van der Waals surface area contributed by atoms with Crippen LogP contribution in [0.1, 0.15) is 25.3 Å². The van der Waals surface area contributed by atoms with Gasteiger partial charge in [-0.3, -0.25) is 0 Å². The zero-order chi connectivity index (χ0) is 11.3. The maximum absolute atomic E-state index is 5.65. The van der Waals surface area contributed by atoms with Crippen LogP contribution in [0.25, 0.3) is 0 Å². The number of hydrogen-bond acceptors (Lipinski definition) is 3. The minimum absolute atomic E-state index is 0.303. The summed E-state index contributed by atoms with van der Waals surface area (Å²) in [7, 11) is 1.65. The highest BCUT2D eigenvalue weighted by atomic mass is 16.5. The smallest absolute Gasteiger partial charge is 0.126 e. The van der Waals surface area contributed by atoms with E-state index in [4.69, 9.17) is 15.2 Å². The van der Waals surface area contributed by atoms with Gasteiger partial charge in [0.25, 0.3) is 0 Å². The molecule has 1 unspecified atom stereocenters. The van der Waals surface area contributed by atoms with Gasteiger partial charge in [-0.15, -0.1) is 0 Å². The van der Waals surface area contributed by atoms with Gasteiger partial charge in [-0.25, -0.2) is 0 Å². The first kappa shape index (κ1) is 11.9. The van der Waals surface area contributed by atoms with E-state index in [2.05, 4.69) is 6.92 Å². The maximum Gasteiger partial charge on any atom is 0.126 e. The van der Waals surface area contributed by atoms with Crippen molar-refractivity contribution in [2.75, 3.05) is 20.3 Å². The van der Waals surface area contributed by atoms with E-state index in [0.29, 0.717) is 19.1 Å².